The van der Waals surface area contributed by atoms with Gasteiger partial charge in [-0.25, -0.2) is 0 Å². The Balaban J connectivity index is 2.89. The van der Waals surface area contributed by atoms with Crippen molar-refractivity contribution in [2.45, 2.75) is 13.7 Å². The van der Waals surface area contributed by atoms with Crippen molar-refractivity contribution >= 4 is 12.4 Å². The molecule has 0 unspecified atom stereocenters. The SMILES string of the molecule is CB(O)c1ccc(C)cc1. The van der Waals surface area contributed by atoms with E-state index in [0.29, 0.717) is 0 Å². The fourth-order valence-corrected chi connectivity index (χ4v) is 0.845. The minimum absolute atomic E-state index is 0.347. The third-order valence-corrected chi connectivity index (χ3v) is 1.56. The van der Waals surface area contributed by atoms with E-state index in [9.17, 15) is 0 Å². The summed E-state index contributed by atoms with van der Waals surface area (Å²) >= 11 is 0. The molecule has 0 heterocycles. The Morgan fingerprint density at radius 2 is 1.70 bits per heavy atom. The van der Waals surface area contributed by atoms with E-state index in [1.54, 1.807) is 6.82 Å². The fraction of sp³-hybridized carbons (Fsp3) is 0.250. The lowest BCUT2D eigenvalue weighted by Gasteiger charge is -1.99. The smallest absolute Gasteiger partial charge is 0.320 e. The molecule has 0 radical (unpaired) electrons. The van der Waals surface area contributed by atoms with E-state index in [1.165, 1.54) is 5.56 Å². The molecule has 1 nitrogen and oxygen atoms in total. The predicted octanol–water partition coefficient (Wildman–Crippen LogP) is 0.816. The van der Waals surface area contributed by atoms with Crippen LogP contribution in [0.5, 0.6) is 0 Å². The molecule has 1 aromatic carbocycles. The lowest BCUT2D eigenvalue weighted by atomic mass is 9.64. The van der Waals surface area contributed by atoms with E-state index in [1.807, 2.05) is 31.2 Å². The number of hydrogen-bond acceptors (Lipinski definition) is 1. The Morgan fingerprint density at radius 1 is 1.20 bits per heavy atom. The molecule has 2 heteroatoms. The highest BCUT2D eigenvalue weighted by Gasteiger charge is 2.03. The average molecular weight is 134 g/mol. The Hall–Kier alpha value is -0.755. The summed E-state index contributed by atoms with van der Waals surface area (Å²) in [5.41, 5.74) is 2.20. The van der Waals surface area contributed by atoms with Gasteiger partial charge in [0.2, 0.25) is 0 Å². The third kappa shape index (κ3) is 1.61. The van der Waals surface area contributed by atoms with Crippen LogP contribution in [0, 0.1) is 6.92 Å². The summed E-state index contributed by atoms with van der Waals surface area (Å²) < 4.78 is 0. The van der Waals surface area contributed by atoms with Crippen molar-refractivity contribution in [3.8, 4) is 0 Å². The summed E-state index contributed by atoms with van der Waals surface area (Å²) in [4.78, 5) is 0. The number of hydrogen-bond donors (Lipinski definition) is 1. The van der Waals surface area contributed by atoms with Crippen molar-refractivity contribution < 1.29 is 5.02 Å². The van der Waals surface area contributed by atoms with Gasteiger partial charge in [0.1, 0.15) is 0 Å². The van der Waals surface area contributed by atoms with Crippen molar-refractivity contribution in [3.63, 3.8) is 0 Å². The van der Waals surface area contributed by atoms with Crippen LogP contribution in [0.25, 0.3) is 0 Å². The molecule has 0 fully saturated rings. The standard InChI is InChI=1S/C8H11BO/c1-7-3-5-8(6-4-7)9(2)10/h3-6,10H,1-2H3. The summed E-state index contributed by atoms with van der Waals surface area (Å²) in [5, 5.41) is 9.11. The van der Waals surface area contributed by atoms with Crippen LogP contribution in [0.2, 0.25) is 6.82 Å². The van der Waals surface area contributed by atoms with Crippen LogP contribution in [0.3, 0.4) is 0 Å². The van der Waals surface area contributed by atoms with Gasteiger partial charge in [0.25, 0.3) is 0 Å². The third-order valence-electron chi connectivity index (χ3n) is 1.56. The first kappa shape index (κ1) is 7.35. The van der Waals surface area contributed by atoms with Gasteiger partial charge < -0.3 is 5.02 Å². The average Bonchev–Trinajstić information content (AvgIpc) is 1.88. The normalized spacial score (nSPS) is 9.50. The Labute approximate surface area is 61.8 Å². The maximum absolute atomic E-state index is 9.11. The summed E-state index contributed by atoms with van der Waals surface area (Å²) in [6.07, 6.45) is 0. The second-order valence-corrected chi connectivity index (χ2v) is 2.59. The molecule has 0 aliphatic heterocycles. The van der Waals surface area contributed by atoms with E-state index >= 15 is 0 Å². The van der Waals surface area contributed by atoms with Crippen LogP contribution in [0.1, 0.15) is 5.56 Å². The zero-order valence-electron chi connectivity index (χ0n) is 6.33. The van der Waals surface area contributed by atoms with Crippen molar-refractivity contribution in [3.05, 3.63) is 29.8 Å². The summed E-state index contributed by atoms with van der Waals surface area (Å²) in [5.74, 6) is 0. The van der Waals surface area contributed by atoms with Gasteiger partial charge in [0, 0.05) is 0 Å². The molecule has 0 saturated carbocycles. The molecule has 0 atom stereocenters. The van der Waals surface area contributed by atoms with Crippen LogP contribution in [0.4, 0.5) is 0 Å². The van der Waals surface area contributed by atoms with Gasteiger partial charge in [-0.15, -0.1) is 0 Å². The van der Waals surface area contributed by atoms with Crippen molar-refractivity contribution in [2.24, 2.45) is 0 Å². The van der Waals surface area contributed by atoms with E-state index in [0.717, 1.165) is 5.46 Å². The molecule has 10 heavy (non-hydrogen) atoms. The molecule has 0 bridgehead atoms. The molecule has 0 aliphatic rings. The van der Waals surface area contributed by atoms with E-state index in [2.05, 4.69) is 0 Å². The molecule has 52 valence electrons. The van der Waals surface area contributed by atoms with Crippen molar-refractivity contribution in [1.29, 1.82) is 0 Å². The molecule has 0 amide bonds. The summed E-state index contributed by atoms with van der Waals surface area (Å²) in [7, 11) is 0. The monoisotopic (exact) mass is 134 g/mol. The predicted molar refractivity (Wildman–Crippen MR) is 44.6 cm³/mol. The minimum atomic E-state index is -0.347. The summed E-state index contributed by atoms with van der Waals surface area (Å²) in [6, 6.07) is 7.89. The van der Waals surface area contributed by atoms with Gasteiger partial charge in [0.15, 0.2) is 0 Å². The van der Waals surface area contributed by atoms with Gasteiger partial charge in [-0.2, -0.15) is 0 Å². The molecular weight excluding hydrogens is 123 g/mol. The van der Waals surface area contributed by atoms with E-state index in [4.69, 9.17) is 5.02 Å². The molecule has 0 saturated heterocycles. The quantitative estimate of drug-likeness (QED) is 0.563. The zero-order valence-corrected chi connectivity index (χ0v) is 6.33. The second kappa shape index (κ2) is 2.89. The minimum Gasteiger partial charge on any atom is -0.447 e. The largest absolute Gasteiger partial charge is 0.447 e. The van der Waals surface area contributed by atoms with Crippen molar-refractivity contribution in [2.75, 3.05) is 0 Å². The first-order valence-corrected chi connectivity index (χ1v) is 3.45. The van der Waals surface area contributed by atoms with E-state index < -0.39 is 0 Å². The molecule has 1 rings (SSSR count). The Morgan fingerprint density at radius 3 is 2.10 bits per heavy atom. The van der Waals surface area contributed by atoms with Crippen LogP contribution >= 0.6 is 0 Å². The van der Waals surface area contributed by atoms with Gasteiger partial charge in [0.05, 0.1) is 0 Å². The number of aryl methyl sites for hydroxylation is 1. The molecule has 0 aromatic heterocycles. The molecule has 1 aromatic rings. The highest BCUT2D eigenvalue weighted by molar-refractivity contribution is 6.64. The van der Waals surface area contributed by atoms with Crippen LogP contribution in [-0.4, -0.2) is 11.9 Å². The Bertz CT molecular complexity index is 203. The first-order chi connectivity index (χ1) is 4.70. The number of rotatable bonds is 1. The lowest BCUT2D eigenvalue weighted by molar-refractivity contribution is 0.594. The maximum Gasteiger partial charge on any atom is 0.320 e. The molecule has 0 spiro atoms. The summed E-state index contributed by atoms with van der Waals surface area (Å²) in [6.45, 7) is 3.46. The number of benzene rings is 1. The second-order valence-electron chi connectivity index (χ2n) is 2.59. The molecular formula is C8H11BO. The fourth-order valence-electron chi connectivity index (χ4n) is 0.845. The highest BCUT2D eigenvalue weighted by Crippen LogP contribution is 1.93. The van der Waals surface area contributed by atoms with Crippen LogP contribution < -0.4 is 5.46 Å². The zero-order chi connectivity index (χ0) is 7.56. The van der Waals surface area contributed by atoms with Crippen molar-refractivity contribution in [1.82, 2.24) is 0 Å². The van der Waals surface area contributed by atoms with Gasteiger partial charge >= 0.3 is 6.92 Å². The maximum atomic E-state index is 9.11. The topological polar surface area (TPSA) is 20.2 Å². The van der Waals surface area contributed by atoms with Crippen LogP contribution in [-0.2, 0) is 0 Å². The van der Waals surface area contributed by atoms with Crippen LogP contribution in [0.15, 0.2) is 24.3 Å². The highest BCUT2D eigenvalue weighted by atomic mass is 16.2. The van der Waals surface area contributed by atoms with E-state index in [-0.39, 0.29) is 6.92 Å². The molecule has 1 N–H and O–H groups in total. The van der Waals surface area contributed by atoms with Gasteiger partial charge in [-0.1, -0.05) is 36.7 Å². The lowest BCUT2D eigenvalue weighted by Crippen LogP contribution is -2.25. The molecule has 0 aliphatic carbocycles. The van der Waals surface area contributed by atoms with Gasteiger partial charge in [-0.3, -0.25) is 0 Å². The first-order valence-electron chi connectivity index (χ1n) is 3.45. The Kier molecular flexibility index (Phi) is 2.12. The van der Waals surface area contributed by atoms with Gasteiger partial charge in [-0.05, 0) is 12.4 Å².